The molecule has 2 amide bonds. The van der Waals surface area contributed by atoms with Gasteiger partial charge in [-0.15, -0.1) is 11.3 Å². The van der Waals surface area contributed by atoms with Crippen LogP contribution in [0.4, 0.5) is 14.5 Å². The molecule has 0 atom stereocenters. The van der Waals surface area contributed by atoms with E-state index >= 15 is 0 Å². The average molecular weight is 400 g/mol. The molecule has 4 nitrogen and oxygen atoms in total. The molecule has 0 bridgehead atoms. The number of carbonyl (C=O) groups excluding carboxylic acids is 2. The summed E-state index contributed by atoms with van der Waals surface area (Å²) in [6, 6.07) is 14.4. The molecule has 0 aliphatic rings. The first-order valence-electron chi connectivity index (χ1n) is 8.69. The van der Waals surface area contributed by atoms with E-state index in [2.05, 4.69) is 5.32 Å². The van der Waals surface area contributed by atoms with Crippen LogP contribution in [0, 0.1) is 11.6 Å². The first-order valence-corrected chi connectivity index (χ1v) is 9.57. The van der Waals surface area contributed by atoms with Gasteiger partial charge in [-0.05, 0) is 66.4 Å². The summed E-state index contributed by atoms with van der Waals surface area (Å²) in [7, 11) is 0. The molecule has 0 spiro atoms. The normalized spacial score (nSPS) is 10.5. The molecule has 144 valence electrons. The largest absolute Gasteiger partial charge is 0.351 e. The Kier molecular flexibility index (Phi) is 6.49. The minimum Gasteiger partial charge on any atom is -0.351 e. The van der Waals surface area contributed by atoms with Crippen LogP contribution in [-0.2, 0) is 0 Å². The van der Waals surface area contributed by atoms with Crippen LogP contribution in [0.5, 0.6) is 0 Å². The smallest absolute Gasteiger partial charge is 0.261 e. The Balaban J connectivity index is 1.67. The lowest BCUT2D eigenvalue weighted by Crippen LogP contribution is -2.34. The van der Waals surface area contributed by atoms with Gasteiger partial charge in [-0.1, -0.05) is 6.07 Å². The summed E-state index contributed by atoms with van der Waals surface area (Å²) in [5.41, 5.74) is 0.855. The maximum absolute atomic E-state index is 13.3. The topological polar surface area (TPSA) is 49.4 Å². The number of rotatable bonds is 7. The third kappa shape index (κ3) is 5.01. The van der Waals surface area contributed by atoms with Crippen molar-refractivity contribution in [1.82, 2.24) is 5.32 Å². The van der Waals surface area contributed by atoms with Gasteiger partial charge >= 0.3 is 0 Å². The number of hydrogen-bond donors (Lipinski definition) is 1. The lowest BCUT2D eigenvalue weighted by molar-refractivity contribution is 0.0957. The van der Waals surface area contributed by atoms with E-state index in [-0.39, 0.29) is 11.8 Å². The Bertz CT molecular complexity index is 926. The van der Waals surface area contributed by atoms with E-state index in [4.69, 9.17) is 0 Å². The molecule has 1 aromatic heterocycles. The van der Waals surface area contributed by atoms with Gasteiger partial charge < -0.3 is 10.2 Å². The van der Waals surface area contributed by atoms with Crippen molar-refractivity contribution in [3.63, 3.8) is 0 Å². The van der Waals surface area contributed by atoms with E-state index in [1.807, 2.05) is 5.38 Å². The lowest BCUT2D eigenvalue weighted by atomic mass is 10.1. The van der Waals surface area contributed by atoms with E-state index < -0.39 is 11.6 Å². The minimum absolute atomic E-state index is 0.159. The minimum atomic E-state index is -0.429. The van der Waals surface area contributed by atoms with Gasteiger partial charge in [-0.25, -0.2) is 8.78 Å². The fourth-order valence-corrected chi connectivity index (χ4v) is 3.29. The molecule has 0 unspecified atom stereocenters. The van der Waals surface area contributed by atoms with E-state index in [0.29, 0.717) is 35.6 Å². The number of nitrogens with one attached hydrogen (secondary N) is 1. The molecule has 3 rings (SSSR count). The molecular formula is C21H18F2N2O2S. The highest BCUT2D eigenvalue weighted by Crippen LogP contribution is 2.19. The van der Waals surface area contributed by atoms with Gasteiger partial charge in [0.2, 0.25) is 0 Å². The maximum atomic E-state index is 13.3. The second-order valence-electron chi connectivity index (χ2n) is 6.03. The van der Waals surface area contributed by atoms with Crippen LogP contribution >= 0.6 is 11.3 Å². The Morgan fingerprint density at radius 1 is 0.929 bits per heavy atom. The van der Waals surface area contributed by atoms with Crippen LogP contribution in [0.3, 0.4) is 0 Å². The summed E-state index contributed by atoms with van der Waals surface area (Å²) in [5.74, 6) is -1.31. The zero-order chi connectivity index (χ0) is 19.9. The Hall–Kier alpha value is -3.06. The average Bonchev–Trinajstić information content (AvgIpc) is 3.24. The van der Waals surface area contributed by atoms with E-state index in [1.165, 1.54) is 64.8 Å². The third-order valence-corrected chi connectivity index (χ3v) is 4.93. The number of nitrogens with zero attached hydrogens (tertiary/aromatic N) is 1. The molecule has 1 heterocycles. The summed E-state index contributed by atoms with van der Waals surface area (Å²) in [6.07, 6.45) is 0.501. The van der Waals surface area contributed by atoms with Gasteiger partial charge in [0.05, 0.1) is 4.88 Å². The fraction of sp³-hybridized carbons (Fsp3) is 0.143. The van der Waals surface area contributed by atoms with Crippen LogP contribution in [0.2, 0.25) is 0 Å². The molecule has 0 radical (unpaired) electrons. The Labute approximate surface area is 165 Å². The zero-order valence-corrected chi connectivity index (χ0v) is 15.7. The first kappa shape index (κ1) is 19.7. The molecule has 0 aliphatic heterocycles. The number of halogens is 2. The van der Waals surface area contributed by atoms with Crippen molar-refractivity contribution in [1.29, 1.82) is 0 Å². The summed E-state index contributed by atoms with van der Waals surface area (Å²) in [6.45, 7) is 0.692. The quantitative estimate of drug-likeness (QED) is 0.594. The monoisotopic (exact) mass is 400 g/mol. The van der Waals surface area contributed by atoms with Crippen molar-refractivity contribution >= 4 is 28.8 Å². The number of hydrogen-bond acceptors (Lipinski definition) is 3. The van der Waals surface area contributed by atoms with Gasteiger partial charge in [0.15, 0.2) is 0 Å². The van der Waals surface area contributed by atoms with Crippen molar-refractivity contribution in [2.24, 2.45) is 0 Å². The highest BCUT2D eigenvalue weighted by Gasteiger charge is 2.18. The molecule has 0 saturated carbocycles. The van der Waals surface area contributed by atoms with Gasteiger partial charge in [-0.3, -0.25) is 9.59 Å². The van der Waals surface area contributed by atoms with E-state index in [0.717, 1.165) is 0 Å². The standard InChI is InChI=1S/C21H18F2N2O2S/c22-16-6-4-15(5-7-16)21(27)25(18-10-8-17(23)9-11-18)13-2-12-24-20(26)19-3-1-14-28-19/h1,3-11,14H,2,12-13H2,(H,24,26). The van der Waals surface area contributed by atoms with Crippen molar-refractivity contribution in [3.05, 3.63) is 88.1 Å². The molecular weight excluding hydrogens is 382 g/mol. The van der Waals surface area contributed by atoms with Crippen LogP contribution in [-0.4, -0.2) is 24.9 Å². The second-order valence-corrected chi connectivity index (χ2v) is 6.97. The summed E-state index contributed by atoms with van der Waals surface area (Å²) < 4.78 is 26.4. The zero-order valence-electron chi connectivity index (χ0n) is 14.9. The van der Waals surface area contributed by atoms with E-state index in [1.54, 1.807) is 12.1 Å². The van der Waals surface area contributed by atoms with Crippen molar-refractivity contribution in [3.8, 4) is 0 Å². The third-order valence-electron chi connectivity index (χ3n) is 4.06. The molecule has 0 saturated heterocycles. The summed E-state index contributed by atoms with van der Waals surface area (Å²) >= 11 is 1.35. The van der Waals surface area contributed by atoms with Crippen LogP contribution in [0.1, 0.15) is 26.5 Å². The number of anilines is 1. The summed E-state index contributed by atoms with van der Waals surface area (Å²) in [4.78, 5) is 27.0. The second kappa shape index (κ2) is 9.23. The predicted molar refractivity (Wildman–Crippen MR) is 106 cm³/mol. The SMILES string of the molecule is O=C(NCCCN(C(=O)c1ccc(F)cc1)c1ccc(F)cc1)c1cccs1. The number of thiophene rings is 1. The molecule has 28 heavy (non-hydrogen) atoms. The molecule has 3 aromatic rings. The molecule has 0 aliphatic carbocycles. The fourth-order valence-electron chi connectivity index (χ4n) is 2.65. The Morgan fingerprint density at radius 3 is 2.18 bits per heavy atom. The highest BCUT2D eigenvalue weighted by molar-refractivity contribution is 7.12. The van der Waals surface area contributed by atoms with E-state index in [9.17, 15) is 18.4 Å². The number of benzene rings is 2. The summed E-state index contributed by atoms with van der Waals surface area (Å²) in [5, 5.41) is 4.64. The van der Waals surface area contributed by atoms with Gasteiger partial charge in [-0.2, -0.15) is 0 Å². The van der Waals surface area contributed by atoms with Gasteiger partial charge in [0.1, 0.15) is 11.6 Å². The van der Waals surface area contributed by atoms with Gasteiger partial charge in [0, 0.05) is 24.3 Å². The molecule has 1 N–H and O–H groups in total. The van der Waals surface area contributed by atoms with Crippen molar-refractivity contribution in [2.75, 3.05) is 18.0 Å². The molecule has 2 aromatic carbocycles. The molecule has 0 fully saturated rings. The van der Waals surface area contributed by atoms with Gasteiger partial charge in [0.25, 0.3) is 11.8 Å². The maximum Gasteiger partial charge on any atom is 0.261 e. The van der Waals surface area contributed by atoms with Crippen molar-refractivity contribution in [2.45, 2.75) is 6.42 Å². The molecule has 7 heteroatoms. The Morgan fingerprint density at radius 2 is 1.57 bits per heavy atom. The van der Waals surface area contributed by atoms with Crippen LogP contribution in [0.25, 0.3) is 0 Å². The lowest BCUT2D eigenvalue weighted by Gasteiger charge is -2.23. The van der Waals surface area contributed by atoms with Crippen LogP contribution in [0.15, 0.2) is 66.0 Å². The number of amides is 2. The number of carbonyl (C=O) groups is 2. The predicted octanol–water partition coefficient (Wildman–Crippen LogP) is 4.49. The highest BCUT2D eigenvalue weighted by atomic mass is 32.1. The first-order chi connectivity index (χ1) is 13.5. The van der Waals surface area contributed by atoms with Crippen LogP contribution < -0.4 is 10.2 Å². The van der Waals surface area contributed by atoms with Crippen molar-refractivity contribution < 1.29 is 18.4 Å².